The quantitative estimate of drug-likeness (QED) is 0.846. The molecule has 1 aromatic rings. The Kier molecular flexibility index (Phi) is 3.91. The summed E-state index contributed by atoms with van der Waals surface area (Å²) in [6.07, 6.45) is 5.78. The molecule has 0 aromatic carbocycles. The van der Waals surface area contributed by atoms with Crippen LogP contribution in [0.4, 0.5) is 0 Å². The van der Waals surface area contributed by atoms with E-state index in [1.165, 1.54) is 19.3 Å². The van der Waals surface area contributed by atoms with Crippen LogP contribution in [0.1, 0.15) is 38.8 Å². The number of nitrogens with one attached hydrogen (secondary N) is 1. The van der Waals surface area contributed by atoms with E-state index in [1.54, 1.807) is 0 Å². The van der Waals surface area contributed by atoms with E-state index in [2.05, 4.69) is 35.3 Å². The summed E-state index contributed by atoms with van der Waals surface area (Å²) < 4.78 is 0. The first-order valence-electron chi connectivity index (χ1n) is 6.19. The number of hydrogen-bond donors (Lipinski definition) is 1. The summed E-state index contributed by atoms with van der Waals surface area (Å²) in [4.78, 5) is 4.32. The Balaban J connectivity index is 1.89. The fourth-order valence-electron chi connectivity index (χ4n) is 2.41. The second-order valence-electron chi connectivity index (χ2n) is 4.69. The molecule has 0 aliphatic carbocycles. The third kappa shape index (κ3) is 2.80. The highest BCUT2D eigenvalue weighted by Crippen LogP contribution is 2.20. The Morgan fingerprint density at radius 1 is 1.31 bits per heavy atom. The SMILES string of the molecule is CC1CCCC(C)N1NCc1ccccn1. The van der Waals surface area contributed by atoms with Crippen molar-refractivity contribution in [2.24, 2.45) is 0 Å². The van der Waals surface area contributed by atoms with Crippen molar-refractivity contribution in [3.63, 3.8) is 0 Å². The number of piperidine rings is 1. The molecule has 3 nitrogen and oxygen atoms in total. The van der Waals surface area contributed by atoms with Gasteiger partial charge in [0, 0.05) is 18.3 Å². The van der Waals surface area contributed by atoms with Crippen LogP contribution < -0.4 is 5.43 Å². The molecule has 0 radical (unpaired) electrons. The average molecular weight is 219 g/mol. The maximum atomic E-state index is 4.32. The van der Waals surface area contributed by atoms with Gasteiger partial charge in [-0.25, -0.2) is 10.4 Å². The van der Waals surface area contributed by atoms with E-state index in [0.717, 1.165) is 12.2 Å². The van der Waals surface area contributed by atoms with Crippen LogP contribution in [0.3, 0.4) is 0 Å². The smallest absolute Gasteiger partial charge is 0.0555 e. The zero-order valence-corrected chi connectivity index (χ0v) is 10.2. The predicted octanol–water partition coefficient (Wildman–Crippen LogP) is 2.35. The Morgan fingerprint density at radius 2 is 2.06 bits per heavy atom. The first-order chi connectivity index (χ1) is 7.77. The van der Waals surface area contributed by atoms with Crippen molar-refractivity contribution in [2.75, 3.05) is 0 Å². The minimum absolute atomic E-state index is 0.632. The lowest BCUT2D eigenvalue weighted by Crippen LogP contribution is -2.51. The molecule has 0 bridgehead atoms. The Labute approximate surface area is 97.8 Å². The Morgan fingerprint density at radius 3 is 2.69 bits per heavy atom. The normalized spacial score (nSPS) is 26.9. The zero-order valence-electron chi connectivity index (χ0n) is 10.2. The second kappa shape index (κ2) is 5.41. The van der Waals surface area contributed by atoms with Crippen molar-refractivity contribution in [1.29, 1.82) is 0 Å². The zero-order chi connectivity index (χ0) is 11.4. The average Bonchev–Trinajstić information content (AvgIpc) is 2.30. The van der Waals surface area contributed by atoms with E-state index in [9.17, 15) is 0 Å². The molecule has 0 spiro atoms. The molecule has 1 fully saturated rings. The topological polar surface area (TPSA) is 28.2 Å². The molecule has 1 saturated heterocycles. The summed E-state index contributed by atoms with van der Waals surface area (Å²) in [6.45, 7) is 5.41. The summed E-state index contributed by atoms with van der Waals surface area (Å²) in [7, 11) is 0. The standard InChI is InChI=1S/C13H21N3/c1-11-6-5-7-12(2)16(11)15-10-13-8-3-4-9-14-13/h3-4,8-9,11-12,15H,5-7,10H2,1-2H3. The highest BCUT2D eigenvalue weighted by atomic mass is 15.5. The van der Waals surface area contributed by atoms with Gasteiger partial charge in [0.2, 0.25) is 0 Å². The fourth-order valence-corrected chi connectivity index (χ4v) is 2.41. The highest BCUT2D eigenvalue weighted by molar-refractivity contribution is 5.02. The minimum Gasteiger partial charge on any atom is -0.260 e. The summed E-state index contributed by atoms with van der Waals surface area (Å²) in [5.41, 5.74) is 4.61. The lowest BCUT2D eigenvalue weighted by Gasteiger charge is -2.39. The molecule has 1 aromatic heterocycles. The molecule has 88 valence electrons. The lowest BCUT2D eigenvalue weighted by molar-refractivity contribution is 0.0431. The van der Waals surface area contributed by atoms with Crippen LogP contribution in [0.2, 0.25) is 0 Å². The van der Waals surface area contributed by atoms with Crippen LogP contribution in [0, 0.1) is 0 Å². The van der Waals surface area contributed by atoms with Crippen molar-refractivity contribution < 1.29 is 0 Å². The predicted molar refractivity (Wildman–Crippen MR) is 65.7 cm³/mol. The van der Waals surface area contributed by atoms with Gasteiger partial charge in [-0.05, 0) is 38.8 Å². The number of pyridine rings is 1. The summed E-state index contributed by atoms with van der Waals surface area (Å²) in [5, 5.41) is 2.39. The van der Waals surface area contributed by atoms with Gasteiger partial charge >= 0.3 is 0 Å². The van der Waals surface area contributed by atoms with E-state index < -0.39 is 0 Å². The van der Waals surface area contributed by atoms with E-state index in [4.69, 9.17) is 0 Å². The molecule has 1 aliphatic heterocycles. The molecule has 0 amide bonds. The van der Waals surface area contributed by atoms with Crippen LogP contribution >= 0.6 is 0 Å². The largest absolute Gasteiger partial charge is 0.260 e. The fraction of sp³-hybridized carbons (Fsp3) is 0.615. The maximum absolute atomic E-state index is 4.32. The second-order valence-corrected chi connectivity index (χ2v) is 4.69. The number of hydrazine groups is 1. The van der Waals surface area contributed by atoms with Gasteiger partial charge in [-0.2, -0.15) is 0 Å². The minimum atomic E-state index is 0.632. The molecule has 1 N–H and O–H groups in total. The molecule has 0 saturated carbocycles. The first kappa shape index (κ1) is 11.6. The van der Waals surface area contributed by atoms with Crippen LogP contribution in [0.15, 0.2) is 24.4 Å². The molecular formula is C13H21N3. The molecule has 2 unspecified atom stereocenters. The highest BCUT2D eigenvalue weighted by Gasteiger charge is 2.23. The van der Waals surface area contributed by atoms with Crippen LogP contribution in [0.5, 0.6) is 0 Å². The van der Waals surface area contributed by atoms with E-state index >= 15 is 0 Å². The molecule has 16 heavy (non-hydrogen) atoms. The first-order valence-corrected chi connectivity index (χ1v) is 6.19. The van der Waals surface area contributed by atoms with Crippen molar-refractivity contribution >= 4 is 0 Å². The number of rotatable bonds is 3. The van der Waals surface area contributed by atoms with Crippen molar-refractivity contribution in [1.82, 2.24) is 15.4 Å². The number of nitrogens with zero attached hydrogens (tertiary/aromatic N) is 2. The van der Waals surface area contributed by atoms with Gasteiger partial charge in [-0.1, -0.05) is 12.5 Å². The molecule has 2 atom stereocenters. The van der Waals surface area contributed by atoms with Gasteiger partial charge in [0.25, 0.3) is 0 Å². The van der Waals surface area contributed by atoms with Gasteiger partial charge < -0.3 is 0 Å². The van der Waals surface area contributed by atoms with Gasteiger partial charge in [0.1, 0.15) is 0 Å². The molecule has 1 aliphatic rings. The van der Waals surface area contributed by atoms with Gasteiger partial charge in [-0.15, -0.1) is 0 Å². The summed E-state index contributed by atoms with van der Waals surface area (Å²) >= 11 is 0. The number of hydrogen-bond acceptors (Lipinski definition) is 3. The van der Waals surface area contributed by atoms with Crippen LogP contribution in [0.25, 0.3) is 0 Å². The molecule has 2 rings (SSSR count). The Hall–Kier alpha value is -0.930. The Bertz CT molecular complexity index is 302. The van der Waals surface area contributed by atoms with Gasteiger partial charge in [-0.3, -0.25) is 4.98 Å². The number of aromatic nitrogens is 1. The summed E-state index contributed by atoms with van der Waals surface area (Å²) in [6, 6.07) is 7.31. The van der Waals surface area contributed by atoms with Gasteiger partial charge in [0.05, 0.1) is 12.2 Å². The molecule has 2 heterocycles. The lowest BCUT2D eigenvalue weighted by atomic mass is 10.00. The van der Waals surface area contributed by atoms with Crippen molar-refractivity contribution in [3.8, 4) is 0 Å². The van der Waals surface area contributed by atoms with E-state index in [0.29, 0.717) is 12.1 Å². The molecular weight excluding hydrogens is 198 g/mol. The molecule has 3 heteroatoms. The monoisotopic (exact) mass is 219 g/mol. The third-order valence-corrected chi connectivity index (χ3v) is 3.36. The van der Waals surface area contributed by atoms with Crippen molar-refractivity contribution in [3.05, 3.63) is 30.1 Å². The van der Waals surface area contributed by atoms with Crippen LogP contribution in [-0.2, 0) is 6.54 Å². The van der Waals surface area contributed by atoms with Crippen molar-refractivity contribution in [2.45, 2.75) is 51.7 Å². The van der Waals surface area contributed by atoms with Crippen LogP contribution in [-0.4, -0.2) is 22.1 Å². The van der Waals surface area contributed by atoms with Gasteiger partial charge in [0.15, 0.2) is 0 Å². The van der Waals surface area contributed by atoms with E-state index in [1.807, 2.05) is 18.3 Å². The summed E-state index contributed by atoms with van der Waals surface area (Å²) in [5.74, 6) is 0. The third-order valence-electron chi connectivity index (χ3n) is 3.36. The van der Waals surface area contributed by atoms with E-state index in [-0.39, 0.29) is 0 Å². The maximum Gasteiger partial charge on any atom is 0.0555 e.